The van der Waals surface area contributed by atoms with Crippen LogP contribution in [0.1, 0.15) is 29.9 Å². The molecule has 0 aliphatic carbocycles. The van der Waals surface area contributed by atoms with Crippen molar-refractivity contribution in [3.63, 3.8) is 0 Å². The number of H-pyrrole nitrogens is 1. The van der Waals surface area contributed by atoms with Gasteiger partial charge in [-0.15, -0.1) is 0 Å². The minimum absolute atomic E-state index is 0.0331. The molecule has 4 rings (SSSR count). The van der Waals surface area contributed by atoms with Crippen molar-refractivity contribution in [1.82, 2.24) is 14.8 Å². The van der Waals surface area contributed by atoms with E-state index < -0.39 is 0 Å². The molecule has 0 saturated carbocycles. The van der Waals surface area contributed by atoms with Gasteiger partial charge >= 0.3 is 0 Å². The molecule has 152 valence electrons. The normalized spacial score (nSPS) is 20.4. The molecular formula is C22H22Cl2FN3O. The summed E-state index contributed by atoms with van der Waals surface area (Å²) in [6, 6.07) is 12.2. The van der Waals surface area contributed by atoms with Gasteiger partial charge in [0, 0.05) is 42.6 Å². The zero-order chi connectivity index (χ0) is 20.7. The van der Waals surface area contributed by atoms with E-state index in [2.05, 4.69) is 23.7 Å². The van der Waals surface area contributed by atoms with Crippen molar-refractivity contribution in [3.8, 4) is 0 Å². The molecule has 1 aliphatic heterocycles. The summed E-state index contributed by atoms with van der Waals surface area (Å²) >= 11 is 12.2. The average Bonchev–Trinajstić information content (AvgIpc) is 3.08. The first-order valence-corrected chi connectivity index (χ1v) is 10.3. The van der Waals surface area contributed by atoms with E-state index in [9.17, 15) is 9.18 Å². The molecule has 1 aromatic heterocycles. The number of piperazine rings is 1. The van der Waals surface area contributed by atoms with E-state index in [1.807, 2.05) is 23.1 Å². The number of carbonyl (C=O) groups excluding carboxylic acids is 1. The van der Waals surface area contributed by atoms with Crippen LogP contribution in [0.5, 0.6) is 0 Å². The molecule has 1 fully saturated rings. The molecule has 4 nitrogen and oxygen atoms in total. The number of aromatic nitrogens is 1. The van der Waals surface area contributed by atoms with Crippen LogP contribution in [0, 0.1) is 5.82 Å². The molecule has 2 atom stereocenters. The Morgan fingerprint density at radius 2 is 1.76 bits per heavy atom. The van der Waals surface area contributed by atoms with Crippen molar-refractivity contribution in [2.24, 2.45) is 0 Å². The Bertz CT molecular complexity index is 1010. The third-order valence-corrected chi connectivity index (χ3v) is 6.29. The number of rotatable bonds is 3. The van der Waals surface area contributed by atoms with E-state index in [4.69, 9.17) is 23.2 Å². The van der Waals surface area contributed by atoms with E-state index >= 15 is 0 Å². The Morgan fingerprint density at radius 3 is 2.48 bits per heavy atom. The number of aromatic amines is 1. The van der Waals surface area contributed by atoms with Crippen LogP contribution >= 0.6 is 23.2 Å². The van der Waals surface area contributed by atoms with Crippen LogP contribution < -0.4 is 0 Å². The molecule has 7 heteroatoms. The monoisotopic (exact) mass is 433 g/mol. The quantitative estimate of drug-likeness (QED) is 0.604. The topological polar surface area (TPSA) is 39.3 Å². The lowest BCUT2D eigenvalue weighted by Gasteiger charge is -2.44. The molecule has 1 amide bonds. The third-order valence-electron chi connectivity index (χ3n) is 5.57. The molecule has 0 spiro atoms. The smallest absolute Gasteiger partial charge is 0.270 e. The van der Waals surface area contributed by atoms with E-state index in [-0.39, 0.29) is 23.8 Å². The Hall–Kier alpha value is -2.08. The van der Waals surface area contributed by atoms with Gasteiger partial charge in [-0.25, -0.2) is 4.39 Å². The summed E-state index contributed by atoms with van der Waals surface area (Å²) in [5, 5.41) is 1.78. The fourth-order valence-corrected chi connectivity index (χ4v) is 4.26. The Morgan fingerprint density at radius 1 is 1.07 bits per heavy atom. The lowest BCUT2D eigenvalue weighted by Crippen LogP contribution is -2.57. The Labute approximate surface area is 179 Å². The first kappa shape index (κ1) is 20.2. The fraction of sp³-hybridized carbons (Fsp3) is 0.318. The fourth-order valence-electron chi connectivity index (χ4n) is 3.92. The number of amides is 1. The summed E-state index contributed by atoms with van der Waals surface area (Å²) in [7, 11) is 0. The standard InChI is InChI=1S/C22H22Cl2FN3O/c1-13-11-28(14(2)10-27(13)12-15-3-5-17(25)6-4-15)22(29)21-8-16-7-18(23)19(24)9-20(16)26-21/h3-9,13-14,26H,10-12H2,1-2H3/t13-,14+/m1/s1. The molecule has 1 aliphatic rings. The van der Waals surface area contributed by atoms with E-state index in [0.29, 0.717) is 22.3 Å². The van der Waals surface area contributed by atoms with Gasteiger partial charge in [0.1, 0.15) is 11.5 Å². The highest BCUT2D eigenvalue weighted by Gasteiger charge is 2.33. The highest BCUT2D eigenvalue weighted by atomic mass is 35.5. The van der Waals surface area contributed by atoms with Crippen molar-refractivity contribution in [1.29, 1.82) is 0 Å². The number of hydrogen-bond acceptors (Lipinski definition) is 2. The SMILES string of the molecule is C[C@@H]1CN(C(=O)c2cc3cc(Cl)c(Cl)cc3[nH]2)[C@@H](C)CN1Cc1ccc(F)cc1. The average molecular weight is 434 g/mol. The van der Waals surface area contributed by atoms with E-state index in [1.165, 1.54) is 12.1 Å². The van der Waals surface area contributed by atoms with Gasteiger partial charge in [-0.2, -0.15) is 0 Å². The van der Waals surface area contributed by atoms with Gasteiger partial charge in [-0.3, -0.25) is 9.69 Å². The molecule has 0 unspecified atom stereocenters. The summed E-state index contributed by atoms with van der Waals surface area (Å²) in [4.78, 5) is 20.6. The van der Waals surface area contributed by atoms with Crippen LogP contribution in [0.15, 0.2) is 42.5 Å². The molecule has 3 aromatic rings. The summed E-state index contributed by atoms with van der Waals surface area (Å²) in [5.41, 5.74) is 2.39. The van der Waals surface area contributed by atoms with Gasteiger partial charge in [0.25, 0.3) is 5.91 Å². The number of benzene rings is 2. The van der Waals surface area contributed by atoms with E-state index in [0.717, 1.165) is 29.6 Å². The van der Waals surface area contributed by atoms with Crippen molar-refractivity contribution < 1.29 is 9.18 Å². The second kappa shape index (κ2) is 7.98. The van der Waals surface area contributed by atoms with Crippen LogP contribution in [0.3, 0.4) is 0 Å². The number of nitrogens with zero attached hydrogens (tertiary/aromatic N) is 2. The zero-order valence-corrected chi connectivity index (χ0v) is 17.8. The molecule has 0 bridgehead atoms. The highest BCUT2D eigenvalue weighted by molar-refractivity contribution is 6.42. The van der Waals surface area contributed by atoms with Crippen LogP contribution in [0.2, 0.25) is 10.0 Å². The maximum Gasteiger partial charge on any atom is 0.270 e. The molecule has 29 heavy (non-hydrogen) atoms. The third kappa shape index (κ3) is 4.13. The van der Waals surface area contributed by atoms with Gasteiger partial charge in [0.15, 0.2) is 0 Å². The Kier molecular flexibility index (Phi) is 5.56. The van der Waals surface area contributed by atoms with Gasteiger partial charge in [-0.05, 0) is 49.7 Å². The van der Waals surface area contributed by atoms with Gasteiger partial charge in [-0.1, -0.05) is 35.3 Å². The number of hydrogen-bond donors (Lipinski definition) is 1. The number of nitrogens with one attached hydrogen (secondary N) is 1. The second-order valence-electron chi connectivity index (χ2n) is 7.75. The van der Waals surface area contributed by atoms with Crippen molar-refractivity contribution in [3.05, 3.63) is 69.6 Å². The van der Waals surface area contributed by atoms with Gasteiger partial charge < -0.3 is 9.88 Å². The lowest BCUT2D eigenvalue weighted by molar-refractivity contribution is 0.0287. The maximum absolute atomic E-state index is 13.2. The first-order chi connectivity index (χ1) is 13.8. The first-order valence-electron chi connectivity index (χ1n) is 9.59. The predicted molar refractivity (Wildman–Crippen MR) is 115 cm³/mol. The Balaban J connectivity index is 1.49. The summed E-state index contributed by atoms with van der Waals surface area (Å²) in [5.74, 6) is -0.263. The predicted octanol–water partition coefficient (Wildman–Crippen LogP) is 5.35. The van der Waals surface area contributed by atoms with Gasteiger partial charge in [0.2, 0.25) is 0 Å². The second-order valence-corrected chi connectivity index (χ2v) is 8.56. The highest BCUT2D eigenvalue weighted by Crippen LogP contribution is 2.29. The number of fused-ring (bicyclic) bond motifs is 1. The molecule has 1 N–H and O–H groups in total. The van der Waals surface area contributed by atoms with Crippen LogP contribution in [0.25, 0.3) is 10.9 Å². The van der Waals surface area contributed by atoms with Gasteiger partial charge in [0.05, 0.1) is 10.0 Å². The van der Waals surface area contributed by atoms with Crippen LogP contribution in [0.4, 0.5) is 4.39 Å². The summed E-state index contributed by atoms with van der Waals surface area (Å²) < 4.78 is 13.2. The van der Waals surface area contributed by atoms with Crippen molar-refractivity contribution >= 4 is 40.0 Å². The number of halogens is 3. The van der Waals surface area contributed by atoms with Crippen LogP contribution in [-0.2, 0) is 6.54 Å². The summed E-state index contributed by atoms with van der Waals surface area (Å²) in [6.45, 7) is 6.27. The summed E-state index contributed by atoms with van der Waals surface area (Å²) in [6.07, 6.45) is 0. The number of carbonyl (C=O) groups is 1. The van der Waals surface area contributed by atoms with Crippen molar-refractivity contribution in [2.45, 2.75) is 32.5 Å². The molecular weight excluding hydrogens is 412 g/mol. The van der Waals surface area contributed by atoms with E-state index in [1.54, 1.807) is 12.1 Å². The largest absolute Gasteiger partial charge is 0.350 e. The molecule has 1 saturated heterocycles. The molecule has 2 heterocycles. The molecule has 2 aromatic carbocycles. The van der Waals surface area contributed by atoms with Crippen molar-refractivity contribution in [2.75, 3.05) is 13.1 Å². The minimum Gasteiger partial charge on any atom is -0.350 e. The lowest BCUT2D eigenvalue weighted by atomic mass is 10.1. The molecule has 0 radical (unpaired) electrons. The minimum atomic E-state index is -0.230. The maximum atomic E-state index is 13.2. The zero-order valence-electron chi connectivity index (χ0n) is 16.3. The van der Waals surface area contributed by atoms with Crippen LogP contribution in [-0.4, -0.2) is 45.9 Å².